The highest BCUT2D eigenvalue weighted by Gasteiger charge is 2.30. The van der Waals surface area contributed by atoms with Crippen molar-refractivity contribution in [2.45, 2.75) is 45.4 Å². The first-order chi connectivity index (χ1) is 14.8. The summed E-state index contributed by atoms with van der Waals surface area (Å²) in [6, 6.07) is 15.6. The Morgan fingerprint density at radius 1 is 1.13 bits per heavy atom. The van der Waals surface area contributed by atoms with Crippen molar-refractivity contribution >= 4 is 22.9 Å². The number of likely N-dealkylation sites (tertiary alicyclic amines) is 1. The van der Waals surface area contributed by atoms with Gasteiger partial charge in [-0.2, -0.15) is 5.10 Å². The van der Waals surface area contributed by atoms with Gasteiger partial charge in [0.15, 0.2) is 0 Å². The van der Waals surface area contributed by atoms with Crippen molar-refractivity contribution in [3.05, 3.63) is 65.9 Å². The van der Waals surface area contributed by atoms with Crippen molar-refractivity contribution in [3.63, 3.8) is 0 Å². The van der Waals surface area contributed by atoms with Crippen LogP contribution in [0.5, 0.6) is 0 Å². The number of hydrogen-bond donors (Lipinski definition) is 1. The summed E-state index contributed by atoms with van der Waals surface area (Å²) in [5.74, 6) is -0.132. The minimum absolute atomic E-state index is 0.0740. The molecule has 7 nitrogen and oxygen atoms in total. The van der Waals surface area contributed by atoms with E-state index < -0.39 is 5.60 Å². The SMILES string of the molecule is CC(C)(C)OC(=O)N1CCC(NC(=O)c2ccc(Cn3ncc4ccccc43)cc2)C1. The molecule has 0 spiro atoms. The van der Waals surface area contributed by atoms with Gasteiger partial charge in [0, 0.05) is 30.1 Å². The maximum absolute atomic E-state index is 12.6. The lowest BCUT2D eigenvalue weighted by atomic mass is 10.1. The number of nitrogens with zero attached hydrogens (tertiary/aromatic N) is 3. The van der Waals surface area contributed by atoms with Gasteiger partial charge in [-0.1, -0.05) is 30.3 Å². The van der Waals surface area contributed by atoms with Gasteiger partial charge in [-0.3, -0.25) is 9.48 Å². The predicted octanol–water partition coefficient (Wildman–Crippen LogP) is 3.82. The quantitative estimate of drug-likeness (QED) is 0.696. The number of benzene rings is 2. The number of aromatic nitrogens is 2. The van der Waals surface area contributed by atoms with Gasteiger partial charge in [-0.05, 0) is 51.0 Å². The predicted molar refractivity (Wildman–Crippen MR) is 119 cm³/mol. The van der Waals surface area contributed by atoms with Crippen LogP contribution in [0.2, 0.25) is 0 Å². The molecule has 0 radical (unpaired) electrons. The molecule has 1 aromatic heterocycles. The molecule has 1 N–H and O–H groups in total. The second kappa shape index (κ2) is 8.41. The molecule has 2 heterocycles. The van der Waals surface area contributed by atoms with Gasteiger partial charge in [0.2, 0.25) is 0 Å². The number of nitrogens with one attached hydrogen (secondary N) is 1. The summed E-state index contributed by atoms with van der Waals surface area (Å²) in [4.78, 5) is 26.5. The number of rotatable bonds is 4. The lowest BCUT2D eigenvalue weighted by molar-refractivity contribution is 0.0290. The Bertz CT molecular complexity index is 1080. The third-order valence-electron chi connectivity index (χ3n) is 5.27. The molecule has 1 aliphatic rings. The minimum Gasteiger partial charge on any atom is -0.444 e. The van der Waals surface area contributed by atoms with E-state index in [9.17, 15) is 9.59 Å². The van der Waals surface area contributed by atoms with Crippen molar-refractivity contribution in [3.8, 4) is 0 Å². The van der Waals surface area contributed by atoms with Gasteiger partial charge in [0.25, 0.3) is 5.91 Å². The van der Waals surface area contributed by atoms with E-state index in [1.54, 1.807) is 4.90 Å². The van der Waals surface area contributed by atoms with E-state index in [4.69, 9.17) is 4.74 Å². The van der Waals surface area contributed by atoms with Crippen LogP contribution < -0.4 is 5.32 Å². The monoisotopic (exact) mass is 420 g/mol. The zero-order chi connectivity index (χ0) is 22.0. The molecule has 4 rings (SSSR count). The molecule has 0 saturated carbocycles. The van der Waals surface area contributed by atoms with Crippen LogP contribution in [0.15, 0.2) is 54.7 Å². The van der Waals surface area contributed by atoms with E-state index in [1.165, 1.54) is 0 Å². The largest absolute Gasteiger partial charge is 0.444 e. The fraction of sp³-hybridized carbons (Fsp3) is 0.375. The number of amides is 2. The van der Waals surface area contributed by atoms with Crippen LogP contribution >= 0.6 is 0 Å². The average Bonchev–Trinajstić information content (AvgIpc) is 3.35. The summed E-state index contributed by atoms with van der Waals surface area (Å²) < 4.78 is 7.36. The number of fused-ring (bicyclic) bond motifs is 1. The van der Waals surface area contributed by atoms with Crippen molar-refractivity contribution in [2.75, 3.05) is 13.1 Å². The first kappa shape index (κ1) is 20.9. The average molecular weight is 421 g/mol. The van der Waals surface area contributed by atoms with Crippen molar-refractivity contribution < 1.29 is 14.3 Å². The van der Waals surface area contributed by atoms with Gasteiger partial charge in [0.1, 0.15) is 5.60 Å². The van der Waals surface area contributed by atoms with E-state index in [0.717, 1.165) is 22.9 Å². The lowest BCUT2D eigenvalue weighted by Crippen LogP contribution is -2.40. The van der Waals surface area contributed by atoms with Crippen molar-refractivity contribution in [2.24, 2.45) is 0 Å². The van der Waals surface area contributed by atoms with Crippen LogP contribution in [-0.2, 0) is 11.3 Å². The van der Waals surface area contributed by atoms with Crippen molar-refractivity contribution in [1.29, 1.82) is 0 Å². The first-order valence-corrected chi connectivity index (χ1v) is 10.6. The highest BCUT2D eigenvalue weighted by Crippen LogP contribution is 2.17. The molecule has 1 aliphatic heterocycles. The molecule has 1 unspecified atom stereocenters. The van der Waals surface area contributed by atoms with Crippen molar-refractivity contribution in [1.82, 2.24) is 20.0 Å². The summed E-state index contributed by atoms with van der Waals surface area (Å²) in [5, 5.41) is 8.59. The third kappa shape index (κ3) is 5.05. The van der Waals surface area contributed by atoms with E-state index in [-0.39, 0.29) is 18.0 Å². The summed E-state index contributed by atoms with van der Waals surface area (Å²) in [6.45, 7) is 7.22. The van der Waals surface area contributed by atoms with Crippen LogP contribution in [0, 0.1) is 0 Å². The fourth-order valence-electron chi connectivity index (χ4n) is 3.73. The molecule has 0 bridgehead atoms. The Balaban J connectivity index is 1.33. The summed E-state index contributed by atoms with van der Waals surface area (Å²) in [5.41, 5.74) is 2.23. The molecular formula is C24H28N4O3. The van der Waals surface area contributed by atoms with Crippen LogP contribution in [-0.4, -0.2) is 51.4 Å². The van der Waals surface area contributed by atoms with Crippen LogP contribution in [0.1, 0.15) is 43.1 Å². The van der Waals surface area contributed by atoms with Crippen LogP contribution in [0.4, 0.5) is 4.79 Å². The molecule has 31 heavy (non-hydrogen) atoms. The van der Waals surface area contributed by atoms with Gasteiger partial charge in [-0.15, -0.1) is 0 Å². The fourth-order valence-corrected chi connectivity index (χ4v) is 3.73. The molecular weight excluding hydrogens is 392 g/mol. The zero-order valence-electron chi connectivity index (χ0n) is 18.2. The van der Waals surface area contributed by atoms with E-state index in [0.29, 0.717) is 25.2 Å². The highest BCUT2D eigenvalue weighted by molar-refractivity contribution is 5.94. The Morgan fingerprint density at radius 2 is 1.87 bits per heavy atom. The Morgan fingerprint density at radius 3 is 2.61 bits per heavy atom. The molecule has 162 valence electrons. The first-order valence-electron chi connectivity index (χ1n) is 10.6. The number of ether oxygens (including phenoxy) is 1. The zero-order valence-corrected chi connectivity index (χ0v) is 18.2. The number of hydrogen-bond acceptors (Lipinski definition) is 4. The Hall–Kier alpha value is -3.35. The Kier molecular flexibility index (Phi) is 5.67. The molecule has 1 fully saturated rings. The molecule has 0 aliphatic carbocycles. The number of carbonyl (C=O) groups excluding carboxylic acids is 2. The molecule has 3 aromatic rings. The normalized spacial score (nSPS) is 16.5. The Labute approximate surface area is 182 Å². The van der Waals surface area contributed by atoms with E-state index >= 15 is 0 Å². The molecule has 2 aromatic carbocycles. The molecule has 2 amide bonds. The summed E-state index contributed by atoms with van der Waals surface area (Å²) >= 11 is 0. The second-order valence-electron chi connectivity index (χ2n) is 8.94. The van der Waals surface area contributed by atoms with Gasteiger partial charge in [-0.25, -0.2) is 4.79 Å². The third-order valence-corrected chi connectivity index (χ3v) is 5.27. The van der Waals surface area contributed by atoms with E-state index in [2.05, 4.69) is 10.4 Å². The van der Waals surface area contributed by atoms with E-state index in [1.807, 2.05) is 80.2 Å². The minimum atomic E-state index is -0.525. The molecule has 7 heteroatoms. The standard InChI is InChI=1S/C24H28N4O3/c1-24(2,3)31-23(30)27-13-12-20(16-27)26-22(29)18-10-8-17(9-11-18)15-28-21-7-5-4-6-19(21)14-25-28/h4-11,14,20H,12-13,15-16H2,1-3H3,(H,26,29). The van der Waals surface area contributed by atoms with Crippen LogP contribution in [0.3, 0.4) is 0 Å². The molecule has 1 saturated heterocycles. The maximum Gasteiger partial charge on any atom is 0.410 e. The molecule has 1 atom stereocenters. The lowest BCUT2D eigenvalue weighted by Gasteiger charge is -2.24. The highest BCUT2D eigenvalue weighted by atomic mass is 16.6. The number of carbonyl (C=O) groups is 2. The topological polar surface area (TPSA) is 76.5 Å². The van der Waals surface area contributed by atoms with Gasteiger partial charge in [0.05, 0.1) is 18.3 Å². The van der Waals surface area contributed by atoms with Gasteiger partial charge >= 0.3 is 6.09 Å². The smallest absolute Gasteiger partial charge is 0.410 e. The summed E-state index contributed by atoms with van der Waals surface area (Å²) in [6.07, 6.45) is 2.24. The maximum atomic E-state index is 12.6. The summed E-state index contributed by atoms with van der Waals surface area (Å²) in [7, 11) is 0. The second-order valence-corrected chi connectivity index (χ2v) is 8.94. The van der Waals surface area contributed by atoms with Crippen LogP contribution in [0.25, 0.3) is 10.9 Å². The van der Waals surface area contributed by atoms with Gasteiger partial charge < -0.3 is 15.0 Å². The number of para-hydroxylation sites is 1.